The van der Waals surface area contributed by atoms with Crippen LogP contribution in [0.3, 0.4) is 0 Å². The Hall–Kier alpha value is -0.930. The summed E-state index contributed by atoms with van der Waals surface area (Å²) in [6.07, 6.45) is 4.63. The first-order chi connectivity index (χ1) is 9.28. The van der Waals surface area contributed by atoms with Crippen LogP contribution in [0.2, 0.25) is 0 Å². The fourth-order valence-corrected chi connectivity index (χ4v) is 2.80. The molecule has 2 nitrogen and oxygen atoms in total. The van der Waals surface area contributed by atoms with Crippen LogP contribution in [0.15, 0.2) is 24.3 Å². The van der Waals surface area contributed by atoms with Gasteiger partial charge >= 0.3 is 0 Å². The molecule has 0 radical (unpaired) electrons. The van der Waals surface area contributed by atoms with Crippen molar-refractivity contribution in [3.8, 4) is 0 Å². The zero-order chi connectivity index (χ0) is 13.5. The standard InChI is InChI=1S/C16H25FN2/c1-2-5-16-13-19(10-4-9-18-16)11-8-14-6-3-7-15(17)12-14/h3,6-7,12,16,18H,2,4-5,8-11,13H2,1H3. The molecule has 1 aromatic rings. The quantitative estimate of drug-likeness (QED) is 0.880. The molecule has 19 heavy (non-hydrogen) atoms. The summed E-state index contributed by atoms with van der Waals surface area (Å²) in [5.74, 6) is -0.126. The molecule has 0 aliphatic carbocycles. The Morgan fingerprint density at radius 1 is 1.42 bits per heavy atom. The Kier molecular flexibility index (Phi) is 5.80. The van der Waals surface area contributed by atoms with Crippen LogP contribution in [0, 0.1) is 5.82 Å². The van der Waals surface area contributed by atoms with Crippen molar-refractivity contribution in [1.82, 2.24) is 10.2 Å². The van der Waals surface area contributed by atoms with Crippen molar-refractivity contribution in [2.45, 2.75) is 38.6 Å². The van der Waals surface area contributed by atoms with E-state index >= 15 is 0 Å². The van der Waals surface area contributed by atoms with Gasteiger partial charge in [-0.3, -0.25) is 0 Å². The van der Waals surface area contributed by atoms with E-state index in [2.05, 4.69) is 17.1 Å². The van der Waals surface area contributed by atoms with Gasteiger partial charge in [-0.05, 0) is 50.0 Å². The van der Waals surface area contributed by atoms with Gasteiger partial charge in [-0.1, -0.05) is 25.5 Å². The molecule has 1 aromatic carbocycles. The number of nitrogens with one attached hydrogen (secondary N) is 1. The largest absolute Gasteiger partial charge is 0.313 e. The van der Waals surface area contributed by atoms with Crippen LogP contribution in [-0.2, 0) is 6.42 Å². The van der Waals surface area contributed by atoms with E-state index in [4.69, 9.17) is 0 Å². The van der Waals surface area contributed by atoms with Crippen LogP contribution in [0.4, 0.5) is 4.39 Å². The highest BCUT2D eigenvalue weighted by molar-refractivity contribution is 5.16. The van der Waals surface area contributed by atoms with Crippen molar-refractivity contribution >= 4 is 0 Å². The molecular formula is C16H25FN2. The first-order valence-electron chi connectivity index (χ1n) is 7.48. The number of rotatable bonds is 5. The van der Waals surface area contributed by atoms with Gasteiger partial charge < -0.3 is 10.2 Å². The molecule has 1 saturated heterocycles. The van der Waals surface area contributed by atoms with Gasteiger partial charge in [0.05, 0.1) is 0 Å². The van der Waals surface area contributed by atoms with Crippen molar-refractivity contribution < 1.29 is 4.39 Å². The Bertz CT molecular complexity index is 381. The summed E-state index contributed by atoms with van der Waals surface area (Å²) in [7, 11) is 0. The van der Waals surface area contributed by atoms with E-state index < -0.39 is 0 Å². The number of benzene rings is 1. The van der Waals surface area contributed by atoms with Crippen LogP contribution in [0.1, 0.15) is 31.7 Å². The minimum Gasteiger partial charge on any atom is -0.313 e. The van der Waals surface area contributed by atoms with E-state index in [1.54, 1.807) is 12.1 Å². The first-order valence-corrected chi connectivity index (χ1v) is 7.48. The third-order valence-corrected chi connectivity index (χ3v) is 3.81. The Morgan fingerprint density at radius 3 is 3.11 bits per heavy atom. The van der Waals surface area contributed by atoms with E-state index in [-0.39, 0.29) is 5.82 Å². The summed E-state index contributed by atoms with van der Waals surface area (Å²) in [6.45, 7) is 6.68. The summed E-state index contributed by atoms with van der Waals surface area (Å²) < 4.78 is 13.1. The van der Waals surface area contributed by atoms with E-state index in [0.29, 0.717) is 6.04 Å². The normalized spacial score (nSPS) is 21.3. The molecule has 3 heteroatoms. The maximum Gasteiger partial charge on any atom is 0.123 e. The number of hydrogen-bond acceptors (Lipinski definition) is 2. The second-order valence-corrected chi connectivity index (χ2v) is 5.47. The molecule has 0 amide bonds. The predicted octanol–water partition coefficient (Wildman–Crippen LogP) is 2.83. The zero-order valence-corrected chi connectivity index (χ0v) is 11.9. The van der Waals surface area contributed by atoms with Crippen LogP contribution >= 0.6 is 0 Å². The highest BCUT2D eigenvalue weighted by atomic mass is 19.1. The minimum atomic E-state index is -0.126. The number of halogens is 1. The molecule has 1 fully saturated rings. The minimum absolute atomic E-state index is 0.126. The van der Waals surface area contributed by atoms with Gasteiger partial charge in [-0.15, -0.1) is 0 Å². The van der Waals surface area contributed by atoms with Crippen LogP contribution in [-0.4, -0.2) is 37.1 Å². The lowest BCUT2D eigenvalue weighted by molar-refractivity contribution is 0.265. The van der Waals surface area contributed by atoms with Gasteiger partial charge in [0.15, 0.2) is 0 Å². The predicted molar refractivity (Wildman–Crippen MR) is 77.9 cm³/mol. The van der Waals surface area contributed by atoms with Gasteiger partial charge in [0, 0.05) is 19.1 Å². The van der Waals surface area contributed by atoms with E-state index in [1.165, 1.54) is 25.3 Å². The van der Waals surface area contributed by atoms with E-state index in [9.17, 15) is 4.39 Å². The first kappa shape index (κ1) is 14.5. The van der Waals surface area contributed by atoms with Crippen molar-refractivity contribution in [3.05, 3.63) is 35.6 Å². The topological polar surface area (TPSA) is 15.3 Å². The third-order valence-electron chi connectivity index (χ3n) is 3.81. The zero-order valence-electron chi connectivity index (χ0n) is 11.9. The second-order valence-electron chi connectivity index (χ2n) is 5.47. The van der Waals surface area contributed by atoms with Crippen molar-refractivity contribution in [2.24, 2.45) is 0 Å². The molecule has 1 N–H and O–H groups in total. The summed E-state index contributed by atoms with van der Waals surface area (Å²) in [5, 5.41) is 3.62. The fraction of sp³-hybridized carbons (Fsp3) is 0.625. The second kappa shape index (κ2) is 7.61. The summed E-state index contributed by atoms with van der Waals surface area (Å²) in [6, 6.07) is 7.60. The van der Waals surface area contributed by atoms with Crippen LogP contribution in [0.25, 0.3) is 0 Å². The Labute approximate surface area is 116 Å². The highest BCUT2D eigenvalue weighted by Crippen LogP contribution is 2.09. The number of nitrogens with zero attached hydrogens (tertiary/aromatic N) is 1. The van der Waals surface area contributed by atoms with Crippen LogP contribution < -0.4 is 5.32 Å². The average Bonchev–Trinajstić information content (AvgIpc) is 2.62. The molecule has 106 valence electrons. The van der Waals surface area contributed by atoms with Gasteiger partial charge in [-0.25, -0.2) is 4.39 Å². The Morgan fingerprint density at radius 2 is 2.32 bits per heavy atom. The molecule has 1 heterocycles. The molecule has 0 spiro atoms. The van der Waals surface area contributed by atoms with E-state index in [0.717, 1.165) is 38.2 Å². The molecule has 0 saturated carbocycles. The number of hydrogen-bond donors (Lipinski definition) is 1. The summed E-state index contributed by atoms with van der Waals surface area (Å²) in [4.78, 5) is 2.52. The maximum absolute atomic E-state index is 13.1. The lowest BCUT2D eigenvalue weighted by Crippen LogP contribution is -2.38. The summed E-state index contributed by atoms with van der Waals surface area (Å²) in [5.41, 5.74) is 1.10. The SMILES string of the molecule is CCCC1CN(CCc2cccc(F)c2)CCCN1. The van der Waals surface area contributed by atoms with Crippen molar-refractivity contribution in [2.75, 3.05) is 26.2 Å². The molecular weight excluding hydrogens is 239 g/mol. The van der Waals surface area contributed by atoms with Gasteiger partial charge in [0.25, 0.3) is 0 Å². The molecule has 0 bridgehead atoms. The van der Waals surface area contributed by atoms with Crippen molar-refractivity contribution in [3.63, 3.8) is 0 Å². The molecule has 1 aliphatic rings. The fourth-order valence-electron chi connectivity index (χ4n) is 2.80. The lowest BCUT2D eigenvalue weighted by atomic mass is 10.1. The Balaban J connectivity index is 1.83. The lowest BCUT2D eigenvalue weighted by Gasteiger charge is -2.24. The molecule has 2 rings (SSSR count). The van der Waals surface area contributed by atoms with Gasteiger partial charge in [0.2, 0.25) is 0 Å². The smallest absolute Gasteiger partial charge is 0.123 e. The molecule has 1 aliphatic heterocycles. The monoisotopic (exact) mass is 264 g/mol. The third kappa shape index (κ3) is 4.92. The van der Waals surface area contributed by atoms with Gasteiger partial charge in [-0.2, -0.15) is 0 Å². The maximum atomic E-state index is 13.1. The molecule has 1 unspecified atom stereocenters. The summed E-state index contributed by atoms with van der Waals surface area (Å²) >= 11 is 0. The van der Waals surface area contributed by atoms with E-state index in [1.807, 2.05) is 6.07 Å². The van der Waals surface area contributed by atoms with Crippen LogP contribution in [0.5, 0.6) is 0 Å². The molecule has 0 aromatic heterocycles. The van der Waals surface area contributed by atoms with Crippen molar-refractivity contribution in [1.29, 1.82) is 0 Å². The molecule has 1 atom stereocenters. The highest BCUT2D eigenvalue weighted by Gasteiger charge is 2.16. The average molecular weight is 264 g/mol. The van der Waals surface area contributed by atoms with Gasteiger partial charge in [0.1, 0.15) is 5.82 Å².